The molecule has 0 radical (unpaired) electrons. The van der Waals surface area contributed by atoms with Crippen molar-refractivity contribution in [3.8, 4) is 0 Å². The zero-order valence-electron chi connectivity index (χ0n) is 7.13. The Labute approximate surface area is 79.2 Å². The Morgan fingerprint density at radius 1 is 1.25 bits per heavy atom. The molecule has 4 heteroatoms. The van der Waals surface area contributed by atoms with Gasteiger partial charge in [-0.2, -0.15) is 0 Å². The second kappa shape index (κ2) is 4.47. The summed E-state index contributed by atoms with van der Waals surface area (Å²) >= 11 is 5.56. The van der Waals surface area contributed by atoms with Crippen molar-refractivity contribution in [1.29, 1.82) is 0 Å². The summed E-state index contributed by atoms with van der Waals surface area (Å²) in [6.45, 7) is 0. The number of alkyl halides is 1. The van der Waals surface area contributed by atoms with E-state index in [0.29, 0.717) is 23.3 Å². The second-order valence-electron chi connectivity index (χ2n) is 3.43. The quantitative estimate of drug-likeness (QED) is 0.667. The molecule has 0 N–H and O–H groups in total. The zero-order valence-corrected chi connectivity index (χ0v) is 8.70. The largest absolute Gasteiger partial charge is 0.229 e. The lowest BCUT2D eigenvalue weighted by atomic mass is 9.98. The van der Waals surface area contributed by atoms with E-state index in [1.807, 2.05) is 0 Å². The molecule has 0 aromatic carbocycles. The summed E-state index contributed by atoms with van der Waals surface area (Å²) in [5, 5.41) is 0. The molecule has 2 nitrogen and oxygen atoms in total. The maximum atomic E-state index is 11.0. The van der Waals surface area contributed by atoms with Crippen molar-refractivity contribution < 1.29 is 8.42 Å². The van der Waals surface area contributed by atoms with Crippen molar-refractivity contribution in [3.05, 3.63) is 0 Å². The van der Waals surface area contributed by atoms with Crippen LogP contribution in [0, 0.1) is 5.92 Å². The molecule has 72 valence electrons. The van der Waals surface area contributed by atoms with Gasteiger partial charge in [-0.25, -0.2) is 8.42 Å². The minimum Gasteiger partial charge on any atom is -0.229 e. The molecule has 0 saturated carbocycles. The SMILES string of the molecule is O=S1(=O)CCC(CCCCl)CC1. The maximum absolute atomic E-state index is 11.0. The highest BCUT2D eigenvalue weighted by Gasteiger charge is 2.22. The van der Waals surface area contributed by atoms with E-state index in [2.05, 4.69) is 0 Å². The standard InChI is InChI=1S/C8H15ClO2S/c9-5-1-2-8-3-6-12(10,11)7-4-8/h8H,1-7H2. The first-order valence-electron chi connectivity index (χ1n) is 4.40. The third kappa shape index (κ3) is 3.31. The van der Waals surface area contributed by atoms with E-state index in [-0.39, 0.29) is 0 Å². The number of hydrogen-bond acceptors (Lipinski definition) is 2. The number of halogens is 1. The Morgan fingerprint density at radius 3 is 2.33 bits per heavy atom. The van der Waals surface area contributed by atoms with Crippen molar-refractivity contribution in [2.75, 3.05) is 17.4 Å². The molecule has 1 aliphatic heterocycles. The fraction of sp³-hybridized carbons (Fsp3) is 1.00. The van der Waals surface area contributed by atoms with Crippen LogP contribution in [0.1, 0.15) is 25.7 Å². The molecule has 0 bridgehead atoms. The van der Waals surface area contributed by atoms with Crippen molar-refractivity contribution in [2.24, 2.45) is 5.92 Å². The van der Waals surface area contributed by atoms with Gasteiger partial charge < -0.3 is 0 Å². The first kappa shape index (κ1) is 10.3. The third-order valence-electron chi connectivity index (χ3n) is 2.42. The van der Waals surface area contributed by atoms with Crippen LogP contribution >= 0.6 is 11.6 Å². The molecule has 1 heterocycles. The van der Waals surface area contributed by atoms with Gasteiger partial charge >= 0.3 is 0 Å². The summed E-state index contributed by atoms with van der Waals surface area (Å²) in [6.07, 6.45) is 3.81. The fourth-order valence-corrected chi connectivity index (χ4v) is 3.34. The van der Waals surface area contributed by atoms with Crippen LogP contribution in [0.15, 0.2) is 0 Å². The molecule has 12 heavy (non-hydrogen) atoms. The van der Waals surface area contributed by atoms with E-state index in [1.54, 1.807) is 0 Å². The van der Waals surface area contributed by atoms with Crippen molar-refractivity contribution in [3.63, 3.8) is 0 Å². The minimum absolute atomic E-state index is 0.389. The smallest absolute Gasteiger partial charge is 0.150 e. The summed E-state index contributed by atoms with van der Waals surface area (Å²) in [4.78, 5) is 0. The Hall–Kier alpha value is 0.240. The molecule has 1 aliphatic rings. The van der Waals surface area contributed by atoms with Gasteiger partial charge in [-0.15, -0.1) is 11.6 Å². The van der Waals surface area contributed by atoms with Crippen LogP contribution in [0.2, 0.25) is 0 Å². The highest BCUT2D eigenvalue weighted by Crippen LogP contribution is 2.23. The highest BCUT2D eigenvalue weighted by atomic mass is 35.5. The molecule has 0 unspecified atom stereocenters. The number of hydrogen-bond donors (Lipinski definition) is 0. The molecule has 0 amide bonds. The topological polar surface area (TPSA) is 34.1 Å². The molecular weight excluding hydrogens is 196 g/mol. The summed E-state index contributed by atoms with van der Waals surface area (Å²) in [6, 6.07) is 0. The van der Waals surface area contributed by atoms with E-state index in [1.165, 1.54) is 0 Å². The number of rotatable bonds is 3. The highest BCUT2D eigenvalue weighted by molar-refractivity contribution is 7.91. The van der Waals surface area contributed by atoms with Crippen LogP contribution in [-0.2, 0) is 9.84 Å². The Balaban J connectivity index is 2.27. The lowest BCUT2D eigenvalue weighted by Gasteiger charge is -2.21. The van der Waals surface area contributed by atoms with Gasteiger partial charge in [-0.1, -0.05) is 0 Å². The van der Waals surface area contributed by atoms with E-state index >= 15 is 0 Å². The van der Waals surface area contributed by atoms with Gasteiger partial charge in [0.15, 0.2) is 0 Å². The van der Waals surface area contributed by atoms with Gasteiger partial charge in [0.05, 0.1) is 11.5 Å². The van der Waals surface area contributed by atoms with E-state index in [0.717, 1.165) is 25.7 Å². The molecule has 1 fully saturated rings. The fourth-order valence-electron chi connectivity index (χ4n) is 1.59. The molecular formula is C8H15ClO2S. The first-order valence-corrected chi connectivity index (χ1v) is 6.76. The zero-order chi connectivity index (χ0) is 9.03. The summed E-state index contributed by atoms with van der Waals surface area (Å²) < 4.78 is 22.1. The van der Waals surface area contributed by atoms with E-state index < -0.39 is 9.84 Å². The lowest BCUT2D eigenvalue weighted by Crippen LogP contribution is -2.23. The third-order valence-corrected chi connectivity index (χ3v) is 4.40. The van der Waals surface area contributed by atoms with Crippen LogP contribution in [0.4, 0.5) is 0 Å². The predicted molar refractivity (Wildman–Crippen MR) is 51.3 cm³/mol. The summed E-state index contributed by atoms with van der Waals surface area (Å²) in [7, 11) is -2.67. The molecule has 1 rings (SSSR count). The van der Waals surface area contributed by atoms with Crippen LogP contribution in [-0.4, -0.2) is 25.8 Å². The average molecular weight is 211 g/mol. The molecule has 0 atom stereocenters. The predicted octanol–water partition coefficient (Wildman–Crippen LogP) is 1.83. The van der Waals surface area contributed by atoms with Crippen LogP contribution in [0.5, 0.6) is 0 Å². The minimum atomic E-state index is -2.67. The Morgan fingerprint density at radius 2 is 1.83 bits per heavy atom. The van der Waals surface area contributed by atoms with Crippen LogP contribution < -0.4 is 0 Å². The molecule has 0 aromatic heterocycles. The molecule has 0 spiro atoms. The molecule has 1 saturated heterocycles. The van der Waals surface area contributed by atoms with Gasteiger partial charge in [-0.3, -0.25) is 0 Å². The van der Waals surface area contributed by atoms with Crippen LogP contribution in [0.25, 0.3) is 0 Å². The Bertz CT molecular complexity index is 209. The van der Waals surface area contributed by atoms with E-state index in [9.17, 15) is 8.42 Å². The van der Waals surface area contributed by atoms with Gasteiger partial charge in [0.1, 0.15) is 9.84 Å². The molecule has 0 aliphatic carbocycles. The maximum Gasteiger partial charge on any atom is 0.150 e. The monoisotopic (exact) mass is 210 g/mol. The van der Waals surface area contributed by atoms with Gasteiger partial charge in [0, 0.05) is 5.88 Å². The van der Waals surface area contributed by atoms with Crippen LogP contribution in [0.3, 0.4) is 0 Å². The van der Waals surface area contributed by atoms with Crippen molar-refractivity contribution in [1.82, 2.24) is 0 Å². The molecule has 0 aromatic rings. The average Bonchev–Trinajstić information content (AvgIpc) is 2.03. The second-order valence-corrected chi connectivity index (χ2v) is 6.11. The van der Waals surface area contributed by atoms with Gasteiger partial charge in [-0.05, 0) is 31.6 Å². The van der Waals surface area contributed by atoms with Crippen molar-refractivity contribution >= 4 is 21.4 Å². The lowest BCUT2D eigenvalue weighted by molar-refractivity contribution is 0.432. The van der Waals surface area contributed by atoms with E-state index in [4.69, 9.17) is 11.6 Å². The summed E-state index contributed by atoms with van der Waals surface area (Å²) in [5.41, 5.74) is 0. The number of sulfone groups is 1. The summed E-state index contributed by atoms with van der Waals surface area (Å²) in [5.74, 6) is 2.08. The normalized spacial score (nSPS) is 24.1. The Kier molecular flexibility index (Phi) is 3.84. The van der Waals surface area contributed by atoms with Gasteiger partial charge in [0.2, 0.25) is 0 Å². The van der Waals surface area contributed by atoms with Crippen molar-refractivity contribution in [2.45, 2.75) is 25.7 Å². The first-order chi connectivity index (χ1) is 5.64. The van der Waals surface area contributed by atoms with Gasteiger partial charge in [0.25, 0.3) is 0 Å².